The number of nitrogens with zero attached hydrogens (tertiary/aromatic N) is 3. The second-order valence-electron chi connectivity index (χ2n) is 39.9. The molecule has 0 saturated heterocycles. The predicted molar refractivity (Wildman–Crippen MR) is 615 cm³/mol. The lowest BCUT2D eigenvalue weighted by Crippen LogP contribution is -2.55. The normalized spacial score (nSPS) is 11.8. The maximum absolute atomic E-state index is 5.53. The molecule has 0 unspecified atom stereocenters. The van der Waals surface area contributed by atoms with Crippen molar-refractivity contribution in [3.8, 4) is 33.8 Å². The van der Waals surface area contributed by atoms with Gasteiger partial charge in [-0.15, -0.1) is 0 Å². The van der Waals surface area contributed by atoms with E-state index in [1.165, 1.54) is 261 Å². The minimum atomic E-state index is 0.0980. The number of fused-ring (bicyclic) bond motifs is 12. The second-order valence-corrected chi connectivity index (χ2v) is 39.9. The van der Waals surface area contributed by atoms with Crippen LogP contribution in [0.1, 0.15) is 66.8 Å². The van der Waals surface area contributed by atoms with Gasteiger partial charge in [0, 0.05) is 65.2 Å². The average molecular weight is 1800 g/mol. The topological polar surface area (TPSA) is 38.7 Å². The van der Waals surface area contributed by atoms with E-state index in [0.717, 1.165) is 50.3 Å². The van der Waals surface area contributed by atoms with Crippen molar-refractivity contribution in [1.82, 2.24) is 15.0 Å². The van der Waals surface area contributed by atoms with Gasteiger partial charge in [-0.3, -0.25) is 0 Å². The second kappa shape index (κ2) is 34.3. The highest BCUT2D eigenvalue weighted by atomic mass is 14.7. The fourth-order valence-corrected chi connectivity index (χ4v) is 25.1. The summed E-state index contributed by atoms with van der Waals surface area (Å²) in [6.45, 7) is 27.4. The molecule has 3 nitrogen and oxygen atoms in total. The number of para-hydroxylation sites is 2. The van der Waals surface area contributed by atoms with Crippen LogP contribution in [-0.4, -0.2) is 35.1 Å². The lowest BCUT2D eigenvalue weighted by Gasteiger charge is -2.24. The number of benzene rings is 24. The number of aryl methyl sites for hydroxylation is 12. The predicted octanol–water partition coefficient (Wildman–Crippen LogP) is 29.1. The van der Waals surface area contributed by atoms with Gasteiger partial charge in [0.05, 0.1) is 33.6 Å². The summed E-state index contributed by atoms with van der Waals surface area (Å²) in [5.74, 6) is 0. The van der Waals surface area contributed by atoms with Crippen molar-refractivity contribution in [2.24, 2.45) is 0 Å². The highest BCUT2D eigenvalue weighted by Gasteiger charge is 2.34. The summed E-state index contributed by atoms with van der Waals surface area (Å²) in [7, 11) is 0. The van der Waals surface area contributed by atoms with Crippen LogP contribution in [0.5, 0.6) is 0 Å². The molecule has 0 bridgehead atoms. The van der Waals surface area contributed by atoms with E-state index < -0.39 is 0 Å². The Kier molecular flexibility index (Phi) is 21.0. The van der Waals surface area contributed by atoms with Crippen LogP contribution < -0.4 is 49.2 Å². The Morgan fingerprint density at radius 1 is 0.142 bits per heavy atom. The van der Waals surface area contributed by atoms with E-state index in [1.807, 2.05) is 0 Å². The molecule has 0 fully saturated rings. The lowest BCUT2D eigenvalue weighted by atomic mass is 9.34. The van der Waals surface area contributed by atoms with Crippen molar-refractivity contribution >= 4 is 231 Å². The quantitative estimate of drug-likeness (QED) is 0.0695. The Morgan fingerprint density at radius 2 is 0.390 bits per heavy atom. The van der Waals surface area contributed by atoms with Gasteiger partial charge in [-0.1, -0.05) is 480 Å². The van der Waals surface area contributed by atoms with Crippen molar-refractivity contribution in [3.63, 3.8) is 0 Å². The summed E-state index contributed by atoms with van der Waals surface area (Å²) in [6, 6.07) is 148. The molecule has 24 aromatic carbocycles. The molecule has 0 saturated carbocycles. The first-order valence-corrected chi connectivity index (χ1v) is 49.8. The number of hydrogen-bond donors (Lipinski definition) is 0. The van der Waals surface area contributed by atoms with Gasteiger partial charge in [-0.2, -0.15) is 0 Å². The zero-order valence-corrected chi connectivity index (χ0v) is 81.7. The number of hydrogen-bond acceptors (Lipinski definition) is 3. The number of aromatic nitrogens is 3. The summed E-state index contributed by atoms with van der Waals surface area (Å²) in [6.07, 6.45) is 0. The minimum Gasteiger partial charge on any atom is -0.247 e. The zero-order valence-electron chi connectivity index (χ0n) is 81.7. The van der Waals surface area contributed by atoms with Crippen LogP contribution in [0, 0.1) is 83.1 Å². The summed E-state index contributed by atoms with van der Waals surface area (Å²) in [4.78, 5) is 16.3. The van der Waals surface area contributed by atoms with Crippen molar-refractivity contribution in [1.29, 1.82) is 0 Å². The molecule has 0 N–H and O–H groups in total. The van der Waals surface area contributed by atoms with E-state index in [-0.39, 0.29) is 20.1 Å². The van der Waals surface area contributed by atoms with E-state index >= 15 is 0 Å². The molecule has 0 radical (unpaired) electrons. The molecule has 6 heteroatoms. The SMILES string of the molecule is Cc1cccc(C)c1B(c1ccc(-c2nc3ccccc3c3c2cc2ccc4cccc5ccc3c2c45)cc1)c1c(C)cccc1C.Cc1cccc(C)c1B(c1ccc2c(c1)nc(-c1ccccc1)c1cc3ccc4cccc5ccc(c12)c3c45)c1c(C)cccc1C.Cc1cccc(C)c1B(c1cccc(-c2nc3ccccc3c3c2cc2ccc4cccc5ccc3c2c45)c1)c1c(C)cccc1C. The molecule has 0 atom stereocenters. The zero-order chi connectivity index (χ0) is 95.4. The van der Waals surface area contributed by atoms with Crippen LogP contribution >= 0.6 is 0 Å². The maximum Gasteiger partial charge on any atom is 0.242 e. The first kappa shape index (κ1) is 86.2. The molecular formula is C135H102B3N3. The van der Waals surface area contributed by atoms with Gasteiger partial charge in [0.15, 0.2) is 0 Å². The molecule has 3 heterocycles. The van der Waals surface area contributed by atoms with Gasteiger partial charge in [-0.25, -0.2) is 15.0 Å². The third-order valence-corrected chi connectivity index (χ3v) is 31.4. The highest BCUT2D eigenvalue weighted by molar-refractivity contribution is 6.98. The molecule has 0 aliphatic heterocycles. The van der Waals surface area contributed by atoms with Crippen molar-refractivity contribution in [2.45, 2.75) is 83.1 Å². The third kappa shape index (κ3) is 14.2. The largest absolute Gasteiger partial charge is 0.247 e. The number of pyridine rings is 3. The van der Waals surface area contributed by atoms with Crippen LogP contribution in [-0.2, 0) is 0 Å². The Balaban J connectivity index is 0.000000111. The smallest absolute Gasteiger partial charge is 0.242 e. The van der Waals surface area contributed by atoms with Crippen LogP contribution in [0.4, 0.5) is 0 Å². The van der Waals surface area contributed by atoms with E-state index in [4.69, 9.17) is 15.0 Å². The van der Waals surface area contributed by atoms with Crippen LogP contribution in [0.3, 0.4) is 0 Å². The summed E-state index contributed by atoms with van der Waals surface area (Å²) in [5.41, 5.74) is 37.7. The number of rotatable bonds is 12. The van der Waals surface area contributed by atoms with Gasteiger partial charge < -0.3 is 0 Å². The molecule has 0 spiro atoms. The molecule has 141 heavy (non-hydrogen) atoms. The fourth-order valence-electron chi connectivity index (χ4n) is 25.1. The fraction of sp³-hybridized carbons (Fsp3) is 0.0889. The molecule has 27 rings (SSSR count). The Morgan fingerprint density at radius 3 is 0.745 bits per heavy atom. The van der Waals surface area contributed by atoms with E-state index in [1.54, 1.807) is 0 Å². The van der Waals surface area contributed by atoms with Gasteiger partial charge in [-0.05, 0) is 216 Å². The van der Waals surface area contributed by atoms with Crippen molar-refractivity contribution < 1.29 is 0 Å². The van der Waals surface area contributed by atoms with Gasteiger partial charge in [0.1, 0.15) is 0 Å². The third-order valence-electron chi connectivity index (χ3n) is 31.4. The monoisotopic (exact) mass is 1800 g/mol. The average Bonchev–Trinajstić information content (AvgIpc) is 0.590. The van der Waals surface area contributed by atoms with Crippen molar-refractivity contribution in [3.05, 3.63) is 467 Å². The van der Waals surface area contributed by atoms with Crippen LogP contribution in [0.25, 0.3) is 196 Å². The Bertz CT molecular complexity index is 9480. The Hall–Kier alpha value is -16.4. The molecule has 666 valence electrons. The summed E-state index contributed by atoms with van der Waals surface area (Å²) >= 11 is 0. The Labute approximate surface area is 824 Å². The van der Waals surface area contributed by atoms with Gasteiger partial charge in [0.2, 0.25) is 20.1 Å². The molecular weight excluding hydrogens is 1700 g/mol. The first-order chi connectivity index (χ1) is 68.9. The first-order valence-electron chi connectivity index (χ1n) is 49.8. The van der Waals surface area contributed by atoms with Crippen molar-refractivity contribution in [2.75, 3.05) is 0 Å². The summed E-state index contributed by atoms with van der Waals surface area (Å²) in [5, 5.41) is 34.5. The standard InChI is InChI=1S/3C45H34BN/c1-27-11-7-12-28(2)43(27)46(44-29(3)13-8-14-30(44)4)35-18-10-17-34(25-35)45-38-26-33-22-21-31-15-9-16-32-23-24-37(41(33)40(31)32)42(38)36-19-5-6-20-39(36)47-45;1-27-10-7-11-28(2)43(27)46(44-29(3)12-8-13-30(44)4)35-23-20-33(21-24-35)45-38-26-34-19-18-31-14-9-15-32-22-25-37(41(34)40(31)32)42(38)36-16-5-6-17-39(36)47-45;1-27-11-8-12-28(2)43(27)46(44-29(3)13-9-14-30(44)4)35-22-24-36-39(26-35)47-45(33-15-6-5-7-16-33)38-25-34-20-19-31-17-10-18-32-21-23-37(42(36)38)41(34)40(31)32/h3*5-26H,1-4H3. The molecule has 27 aromatic rings. The molecule has 0 aliphatic rings. The lowest BCUT2D eigenvalue weighted by molar-refractivity contribution is 1.40. The maximum atomic E-state index is 5.53. The van der Waals surface area contributed by atoms with Crippen LogP contribution in [0.2, 0.25) is 0 Å². The van der Waals surface area contributed by atoms with Gasteiger partial charge in [0.25, 0.3) is 0 Å². The molecule has 3 aromatic heterocycles. The molecule has 0 amide bonds. The minimum absolute atomic E-state index is 0.0980. The van der Waals surface area contributed by atoms with Crippen LogP contribution in [0.15, 0.2) is 400 Å². The van der Waals surface area contributed by atoms with E-state index in [0.29, 0.717) is 0 Å². The van der Waals surface area contributed by atoms with E-state index in [9.17, 15) is 0 Å². The van der Waals surface area contributed by atoms with Gasteiger partial charge >= 0.3 is 0 Å². The van der Waals surface area contributed by atoms with E-state index in [2.05, 4.69) is 483 Å². The highest BCUT2D eigenvalue weighted by Crippen LogP contribution is 2.48. The molecule has 0 aliphatic carbocycles. The summed E-state index contributed by atoms with van der Waals surface area (Å²) < 4.78 is 0.